The van der Waals surface area contributed by atoms with Crippen LogP contribution in [0.5, 0.6) is 5.75 Å². The van der Waals surface area contributed by atoms with Crippen LogP contribution in [0.25, 0.3) is 0 Å². The molecule has 0 spiro atoms. The number of aromatic hydroxyl groups is 1. The highest BCUT2D eigenvalue weighted by Gasteiger charge is 2.03. The number of rotatable bonds is 1. The van der Waals surface area contributed by atoms with Crippen molar-refractivity contribution in [2.24, 2.45) is 0 Å². The molecule has 0 saturated heterocycles. The van der Waals surface area contributed by atoms with Crippen LogP contribution in [0, 0.1) is 6.92 Å². The van der Waals surface area contributed by atoms with Crippen LogP contribution in [-0.2, 0) is 0 Å². The molecule has 0 aliphatic rings. The minimum absolute atomic E-state index is 0. The number of phenolic OH excluding ortho intramolecular Hbond substituents is 1. The molecule has 12 heavy (non-hydrogen) atoms. The third-order valence-corrected chi connectivity index (χ3v) is 1.81. The maximum absolute atomic E-state index is 9.46. The second kappa shape index (κ2) is 4.12. The molecule has 0 aliphatic carbocycles. The zero-order chi connectivity index (χ0) is 8.43. The molecule has 0 heterocycles. The zero-order valence-corrected chi connectivity index (χ0v) is 7.96. The summed E-state index contributed by atoms with van der Waals surface area (Å²) in [4.78, 5) is 0. The fraction of sp³-hybridized carbons (Fsp3) is 0.400. The molecule has 0 atom stereocenters. The molecule has 0 fully saturated rings. The van der Waals surface area contributed by atoms with Gasteiger partial charge in [0.05, 0.1) is 0 Å². The highest BCUT2D eigenvalue weighted by molar-refractivity contribution is 5.37. The number of benzene rings is 1. The summed E-state index contributed by atoms with van der Waals surface area (Å²) in [5.74, 6) is 0.815. The van der Waals surface area contributed by atoms with Gasteiger partial charge in [0.25, 0.3) is 0 Å². The van der Waals surface area contributed by atoms with Gasteiger partial charge in [-0.3, -0.25) is 0 Å². The minimum Gasteiger partial charge on any atom is -0.508 e. The Morgan fingerprint density at radius 2 is 1.83 bits per heavy atom. The van der Waals surface area contributed by atoms with E-state index in [4.69, 9.17) is 0 Å². The van der Waals surface area contributed by atoms with Crippen LogP contribution >= 0.6 is 0 Å². The summed E-state index contributed by atoms with van der Waals surface area (Å²) < 4.78 is 0. The molecule has 0 radical (unpaired) electrons. The zero-order valence-electron chi connectivity index (χ0n) is 7.96. The first-order valence-electron chi connectivity index (χ1n) is 3.91. The number of hydrogen-bond donors (Lipinski definition) is 2. The maximum atomic E-state index is 9.46. The van der Waals surface area contributed by atoms with E-state index in [9.17, 15) is 5.11 Å². The minimum atomic E-state index is 0. The predicted molar refractivity (Wildman–Crippen MR) is 52.0 cm³/mol. The van der Waals surface area contributed by atoms with Crippen LogP contribution in [0.1, 0.15) is 30.9 Å². The van der Waals surface area contributed by atoms with Crippen molar-refractivity contribution in [3.63, 3.8) is 0 Å². The lowest BCUT2D eigenvalue weighted by molar-refractivity contribution is 0.464. The molecule has 2 heteroatoms. The Morgan fingerprint density at radius 1 is 1.25 bits per heavy atom. The van der Waals surface area contributed by atoms with E-state index in [2.05, 4.69) is 13.8 Å². The van der Waals surface area contributed by atoms with Crippen LogP contribution in [-0.4, -0.2) is 5.11 Å². The first-order chi connectivity index (χ1) is 5.11. The lowest BCUT2D eigenvalue weighted by atomic mass is 10.0. The summed E-state index contributed by atoms with van der Waals surface area (Å²) in [6, 6.07) is 5.81. The number of phenols is 1. The van der Waals surface area contributed by atoms with Gasteiger partial charge in [0.15, 0.2) is 0 Å². The second-order valence-electron chi connectivity index (χ2n) is 3.22. The van der Waals surface area contributed by atoms with E-state index in [-0.39, 0.29) is 6.15 Å². The summed E-state index contributed by atoms with van der Waals surface area (Å²) in [6.07, 6.45) is 0. The molecule has 0 unspecified atom stereocenters. The Bertz CT molecular complexity index is 256. The molecule has 1 aromatic carbocycles. The van der Waals surface area contributed by atoms with E-state index in [0.29, 0.717) is 11.7 Å². The van der Waals surface area contributed by atoms with Crippen molar-refractivity contribution in [2.75, 3.05) is 0 Å². The Kier molecular flexibility index (Phi) is 3.77. The fourth-order valence-corrected chi connectivity index (χ4v) is 1.14. The summed E-state index contributed by atoms with van der Waals surface area (Å²) in [7, 11) is 0. The van der Waals surface area contributed by atoms with Gasteiger partial charge in [0.1, 0.15) is 5.75 Å². The Hall–Kier alpha value is -1.02. The van der Waals surface area contributed by atoms with Gasteiger partial charge >= 0.3 is 0 Å². The topological polar surface area (TPSA) is 55.2 Å². The Labute approximate surface area is 73.8 Å². The van der Waals surface area contributed by atoms with Gasteiger partial charge in [-0.25, -0.2) is 0 Å². The van der Waals surface area contributed by atoms with Crippen LogP contribution in [0.2, 0.25) is 0 Å². The van der Waals surface area contributed by atoms with E-state index in [1.807, 2.05) is 19.1 Å². The average molecular weight is 167 g/mol. The third-order valence-electron chi connectivity index (χ3n) is 1.81. The summed E-state index contributed by atoms with van der Waals surface area (Å²) in [5, 5.41) is 9.46. The maximum Gasteiger partial charge on any atom is 0.119 e. The van der Waals surface area contributed by atoms with E-state index in [1.54, 1.807) is 6.07 Å². The smallest absolute Gasteiger partial charge is 0.119 e. The average Bonchev–Trinajstić information content (AvgIpc) is 1.85. The standard InChI is InChI=1S/C10H14O.H3N/c1-7(2)9-5-4-8(3)6-10(9)11;/h4-7,11H,1-3H3;1H3. The van der Waals surface area contributed by atoms with Crippen LogP contribution in [0.3, 0.4) is 0 Å². The van der Waals surface area contributed by atoms with Gasteiger partial charge in [-0.05, 0) is 30.0 Å². The van der Waals surface area contributed by atoms with E-state index in [0.717, 1.165) is 11.1 Å². The SMILES string of the molecule is Cc1ccc(C(C)C)c(O)c1.N. The third kappa shape index (κ3) is 2.24. The monoisotopic (exact) mass is 167 g/mol. The van der Waals surface area contributed by atoms with Gasteiger partial charge in [-0.15, -0.1) is 0 Å². The normalized spacial score (nSPS) is 9.67. The van der Waals surface area contributed by atoms with Crippen molar-refractivity contribution in [1.29, 1.82) is 0 Å². The molecule has 0 bridgehead atoms. The van der Waals surface area contributed by atoms with E-state index < -0.39 is 0 Å². The van der Waals surface area contributed by atoms with Crippen molar-refractivity contribution in [1.82, 2.24) is 6.15 Å². The highest BCUT2D eigenvalue weighted by atomic mass is 16.3. The molecule has 1 rings (SSSR count). The molecule has 0 aromatic heterocycles. The van der Waals surface area contributed by atoms with Crippen molar-refractivity contribution in [2.45, 2.75) is 26.7 Å². The largest absolute Gasteiger partial charge is 0.508 e. The van der Waals surface area contributed by atoms with Crippen LogP contribution < -0.4 is 6.15 Å². The highest BCUT2D eigenvalue weighted by Crippen LogP contribution is 2.25. The second-order valence-corrected chi connectivity index (χ2v) is 3.22. The van der Waals surface area contributed by atoms with Gasteiger partial charge in [0.2, 0.25) is 0 Å². The summed E-state index contributed by atoms with van der Waals surface area (Å²) in [5.41, 5.74) is 2.13. The Morgan fingerprint density at radius 3 is 2.25 bits per heavy atom. The summed E-state index contributed by atoms with van der Waals surface area (Å²) in [6.45, 7) is 6.12. The lowest BCUT2D eigenvalue weighted by Crippen LogP contribution is -1.87. The molecule has 4 N–H and O–H groups in total. The van der Waals surface area contributed by atoms with Crippen LogP contribution in [0.4, 0.5) is 0 Å². The summed E-state index contributed by atoms with van der Waals surface area (Å²) >= 11 is 0. The fourth-order valence-electron chi connectivity index (χ4n) is 1.14. The molecular formula is C10H17NO. The van der Waals surface area contributed by atoms with E-state index >= 15 is 0 Å². The first kappa shape index (κ1) is 11.0. The molecule has 0 aliphatic heterocycles. The van der Waals surface area contributed by atoms with E-state index in [1.165, 1.54) is 0 Å². The van der Waals surface area contributed by atoms with Gasteiger partial charge in [-0.2, -0.15) is 0 Å². The molecule has 68 valence electrons. The molecular weight excluding hydrogens is 150 g/mol. The van der Waals surface area contributed by atoms with Crippen molar-refractivity contribution >= 4 is 0 Å². The quantitative estimate of drug-likeness (QED) is 0.675. The lowest BCUT2D eigenvalue weighted by Gasteiger charge is -2.07. The van der Waals surface area contributed by atoms with Crippen molar-refractivity contribution in [3.05, 3.63) is 29.3 Å². The van der Waals surface area contributed by atoms with Crippen molar-refractivity contribution in [3.8, 4) is 5.75 Å². The van der Waals surface area contributed by atoms with Crippen LogP contribution in [0.15, 0.2) is 18.2 Å². The molecule has 1 aromatic rings. The predicted octanol–water partition coefficient (Wildman–Crippen LogP) is 2.99. The van der Waals surface area contributed by atoms with Gasteiger partial charge < -0.3 is 11.3 Å². The van der Waals surface area contributed by atoms with Gasteiger partial charge in [-0.1, -0.05) is 26.0 Å². The number of aryl methyl sites for hydroxylation is 1. The van der Waals surface area contributed by atoms with Gasteiger partial charge in [0, 0.05) is 0 Å². The number of hydrogen-bond acceptors (Lipinski definition) is 2. The van der Waals surface area contributed by atoms with Crippen molar-refractivity contribution < 1.29 is 5.11 Å². The molecule has 0 amide bonds. The molecule has 0 saturated carbocycles. The molecule has 2 nitrogen and oxygen atoms in total. The first-order valence-corrected chi connectivity index (χ1v) is 3.91. The Balaban J connectivity index is 0.00000121.